The minimum absolute atomic E-state index is 0.115. The molecule has 6 heteroatoms. The molecule has 1 N–H and O–H groups in total. The van der Waals surface area contributed by atoms with Crippen molar-refractivity contribution in [3.05, 3.63) is 53.2 Å². The van der Waals surface area contributed by atoms with Gasteiger partial charge in [-0.2, -0.15) is 0 Å². The van der Waals surface area contributed by atoms with Crippen molar-refractivity contribution in [2.75, 3.05) is 4.72 Å². The van der Waals surface area contributed by atoms with Crippen LogP contribution < -0.4 is 4.72 Å². The van der Waals surface area contributed by atoms with Gasteiger partial charge in [0.25, 0.3) is 10.0 Å². The molecule has 0 atom stereocenters. The zero-order valence-electron chi connectivity index (χ0n) is 10.3. The van der Waals surface area contributed by atoms with Crippen LogP contribution in [0.4, 0.5) is 5.82 Å². The molecule has 0 saturated carbocycles. The lowest BCUT2D eigenvalue weighted by Gasteiger charge is -2.08. The molecule has 2 rings (SSSR count). The van der Waals surface area contributed by atoms with Gasteiger partial charge in [0, 0.05) is 10.7 Å². The molecule has 0 aliphatic rings. The first-order valence-corrected chi connectivity index (χ1v) is 7.61. The number of rotatable bonds is 4. The van der Waals surface area contributed by atoms with Crippen molar-refractivity contribution in [2.24, 2.45) is 0 Å². The summed E-state index contributed by atoms with van der Waals surface area (Å²) in [5.41, 5.74) is 0.825. The zero-order chi connectivity index (χ0) is 13.9. The maximum absolute atomic E-state index is 12.1. The number of halogens is 1. The SMILES string of the molecule is CCc1cccc(NS(=O)(=O)c2cccc(Cl)c2)n1. The fraction of sp³-hybridized carbons (Fsp3) is 0.154. The van der Waals surface area contributed by atoms with Gasteiger partial charge in [-0.3, -0.25) is 4.72 Å². The lowest BCUT2D eigenvalue weighted by molar-refractivity contribution is 0.601. The second-order valence-electron chi connectivity index (χ2n) is 3.93. The predicted octanol–water partition coefficient (Wildman–Crippen LogP) is 3.10. The fourth-order valence-electron chi connectivity index (χ4n) is 1.56. The monoisotopic (exact) mass is 296 g/mol. The number of aromatic nitrogens is 1. The van der Waals surface area contributed by atoms with Gasteiger partial charge in [-0.25, -0.2) is 13.4 Å². The topological polar surface area (TPSA) is 59.1 Å². The van der Waals surface area contributed by atoms with Gasteiger partial charge in [0.15, 0.2) is 0 Å². The van der Waals surface area contributed by atoms with Crippen molar-refractivity contribution >= 4 is 27.4 Å². The van der Waals surface area contributed by atoms with Crippen LogP contribution >= 0.6 is 11.6 Å². The predicted molar refractivity (Wildman–Crippen MR) is 75.9 cm³/mol. The number of nitrogens with zero attached hydrogens (tertiary/aromatic N) is 1. The first-order valence-electron chi connectivity index (χ1n) is 5.75. The standard InChI is InChI=1S/C13H13ClN2O2S/c1-2-11-6-4-8-13(15-11)16-19(17,18)12-7-3-5-10(14)9-12/h3-9H,2H2,1H3,(H,15,16). The smallest absolute Gasteiger partial charge is 0.263 e. The van der Waals surface area contributed by atoms with E-state index < -0.39 is 10.0 Å². The molecule has 0 aliphatic heterocycles. The Hall–Kier alpha value is -1.59. The quantitative estimate of drug-likeness (QED) is 0.943. The summed E-state index contributed by atoms with van der Waals surface area (Å²) in [7, 11) is -3.66. The number of hydrogen-bond donors (Lipinski definition) is 1. The molecule has 100 valence electrons. The Morgan fingerprint density at radius 2 is 1.95 bits per heavy atom. The highest BCUT2D eigenvalue weighted by Gasteiger charge is 2.15. The minimum Gasteiger partial charge on any atom is -0.263 e. The summed E-state index contributed by atoms with van der Waals surface area (Å²) in [6, 6.07) is 11.3. The number of aryl methyl sites for hydroxylation is 1. The molecule has 0 amide bonds. The van der Waals surface area contributed by atoms with Crippen LogP contribution in [0.3, 0.4) is 0 Å². The van der Waals surface area contributed by atoms with Crippen LogP contribution in [0.25, 0.3) is 0 Å². The van der Waals surface area contributed by atoms with E-state index in [1.54, 1.807) is 24.3 Å². The van der Waals surface area contributed by atoms with Crippen LogP contribution in [-0.4, -0.2) is 13.4 Å². The molecule has 1 heterocycles. The molecule has 0 spiro atoms. The Labute approximate surface area is 117 Å². The first kappa shape index (κ1) is 13.8. The highest BCUT2D eigenvalue weighted by atomic mass is 35.5. The molecule has 0 unspecified atom stereocenters. The van der Waals surface area contributed by atoms with Crippen LogP contribution in [-0.2, 0) is 16.4 Å². The van der Waals surface area contributed by atoms with Crippen LogP contribution in [0.2, 0.25) is 5.02 Å². The van der Waals surface area contributed by atoms with Gasteiger partial charge in [-0.05, 0) is 36.8 Å². The second kappa shape index (κ2) is 5.59. The highest BCUT2D eigenvalue weighted by molar-refractivity contribution is 7.92. The lowest BCUT2D eigenvalue weighted by Crippen LogP contribution is -2.14. The summed E-state index contributed by atoms with van der Waals surface area (Å²) in [5.74, 6) is 0.305. The average Bonchev–Trinajstić information content (AvgIpc) is 2.38. The number of hydrogen-bond acceptors (Lipinski definition) is 3. The Morgan fingerprint density at radius 3 is 2.63 bits per heavy atom. The molecule has 4 nitrogen and oxygen atoms in total. The summed E-state index contributed by atoms with van der Waals surface area (Å²) in [5, 5.41) is 0.373. The summed E-state index contributed by atoms with van der Waals surface area (Å²) in [6.45, 7) is 1.96. The molecule has 19 heavy (non-hydrogen) atoms. The van der Waals surface area contributed by atoms with Gasteiger partial charge >= 0.3 is 0 Å². The molecule has 0 radical (unpaired) electrons. The minimum atomic E-state index is -3.66. The summed E-state index contributed by atoms with van der Waals surface area (Å²) in [4.78, 5) is 4.32. The van der Waals surface area contributed by atoms with Gasteiger partial charge in [-0.15, -0.1) is 0 Å². The van der Waals surface area contributed by atoms with Crippen molar-refractivity contribution in [1.29, 1.82) is 0 Å². The molecule has 0 fully saturated rings. The maximum Gasteiger partial charge on any atom is 0.263 e. The Balaban J connectivity index is 2.31. The van der Waals surface area contributed by atoms with E-state index in [0.717, 1.165) is 12.1 Å². The van der Waals surface area contributed by atoms with E-state index >= 15 is 0 Å². The lowest BCUT2D eigenvalue weighted by atomic mass is 10.3. The van der Waals surface area contributed by atoms with E-state index in [-0.39, 0.29) is 4.90 Å². The zero-order valence-corrected chi connectivity index (χ0v) is 11.9. The van der Waals surface area contributed by atoms with Crippen LogP contribution in [0.15, 0.2) is 47.4 Å². The third-order valence-electron chi connectivity index (χ3n) is 2.51. The molecule has 0 bridgehead atoms. The molecule has 2 aromatic rings. The number of pyridine rings is 1. The van der Waals surface area contributed by atoms with Gasteiger partial charge in [0.2, 0.25) is 0 Å². The van der Waals surface area contributed by atoms with E-state index in [4.69, 9.17) is 11.6 Å². The number of sulfonamides is 1. The van der Waals surface area contributed by atoms with Gasteiger partial charge in [-0.1, -0.05) is 30.7 Å². The van der Waals surface area contributed by atoms with Gasteiger partial charge in [0.05, 0.1) is 4.90 Å². The highest BCUT2D eigenvalue weighted by Crippen LogP contribution is 2.18. The van der Waals surface area contributed by atoms with Crippen molar-refractivity contribution in [2.45, 2.75) is 18.2 Å². The largest absolute Gasteiger partial charge is 0.263 e. The van der Waals surface area contributed by atoms with Crippen LogP contribution in [0.1, 0.15) is 12.6 Å². The van der Waals surface area contributed by atoms with Crippen molar-refractivity contribution in [3.63, 3.8) is 0 Å². The molecular formula is C13H13ClN2O2S. The number of nitrogens with one attached hydrogen (secondary N) is 1. The molecule has 1 aromatic heterocycles. The molecule has 0 saturated heterocycles. The first-order chi connectivity index (χ1) is 9.01. The Bertz CT molecular complexity index is 687. The third-order valence-corrected chi connectivity index (χ3v) is 4.10. The molecular weight excluding hydrogens is 284 g/mol. The summed E-state index contributed by atoms with van der Waals surface area (Å²) in [6.07, 6.45) is 0.743. The Morgan fingerprint density at radius 1 is 1.21 bits per heavy atom. The van der Waals surface area contributed by atoms with E-state index in [1.807, 2.05) is 13.0 Å². The normalized spacial score (nSPS) is 11.3. The molecule has 0 aliphatic carbocycles. The van der Waals surface area contributed by atoms with Crippen molar-refractivity contribution < 1.29 is 8.42 Å². The van der Waals surface area contributed by atoms with Gasteiger partial charge < -0.3 is 0 Å². The van der Waals surface area contributed by atoms with E-state index in [9.17, 15) is 8.42 Å². The van der Waals surface area contributed by atoms with Crippen molar-refractivity contribution in [3.8, 4) is 0 Å². The van der Waals surface area contributed by atoms with Gasteiger partial charge in [0.1, 0.15) is 5.82 Å². The third kappa shape index (κ3) is 3.45. The van der Waals surface area contributed by atoms with E-state index in [2.05, 4.69) is 9.71 Å². The summed E-state index contributed by atoms with van der Waals surface area (Å²) >= 11 is 5.79. The average molecular weight is 297 g/mol. The number of benzene rings is 1. The fourth-order valence-corrected chi connectivity index (χ4v) is 2.87. The van der Waals surface area contributed by atoms with Crippen LogP contribution in [0.5, 0.6) is 0 Å². The van der Waals surface area contributed by atoms with E-state index in [0.29, 0.717) is 10.8 Å². The summed E-state index contributed by atoms with van der Waals surface area (Å²) < 4.78 is 26.7. The van der Waals surface area contributed by atoms with E-state index in [1.165, 1.54) is 12.1 Å². The second-order valence-corrected chi connectivity index (χ2v) is 6.05. The maximum atomic E-state index is 12.1. The van der Waals surface area contributed by atoms with Crippen molar-refractivity contribution in [1.82, 2.24) is 4.98 Å². The molecule has 1 aromatic carbocycles. The Kier molecular flexibility index (Phi) is 4.07. The number of anilines is 1. The van der Waals surface area contributed by atoms with Crippen LogP contribution in [0, 0.1) is 0 Å².